The molecule has 8 nitrogen and oxygen atoms in total. The van der Waals surface area contributed by atoms with Crippen LogP contribution in [0.1, 0.15) is 12.8 Å². The second-order valence-electron chi connectivity index (χ2n) is 7.21. The number of piperidine rings is 1. The third kappa shape index (κ3) is 4.65. The zero-order chi connectivity index (χ0) is 22.7. The molecule has 0 unspecified atom stereocenters. The highest BCUT2D eigenvalue weighted by Crippen LogP contribution is 2.34. The number of thiophene rings is 1. The summed E-state index contributed by atoms with van der Waals surface area (Å²) in [5.74, 6) is 0.852. The molecule has 4 rings (SSSR count). The molecule has 170 valence electrons. The van der Waals surface area contributed by atoms with Crippen molar-refractivity contribution in [2.45, 2.75) is 17.1 Å². The van der Waals surface area contributed by atoms with E-state index in [4.69, 9.17) is 9.47 Å². The van der Waals surface area contributed by atoms with Crippen LogP contribution >= 0.6 is 22.7 Å². The van der Waals surface area contributed by atoms with Gasteiger partial charge in [-0.1, -0.05) is 6.07 Å². The Labute approximate surface area is 194 Å². The number of anilines is 1. The molecule has 1 saturated heterocycles. The van der Waals surface area contributed by atoms with Crippen LogP contribution in [0.25, 0.3) is 11.3 Å². The molecular formula is C21H23N3O5S3. The van der Waals surface area contributed by atoms with E-state index in [9.17, 15) is 13.2 Å². The van der Waals surface area contributed by atoms with Gasteiger partial charge < -0.3 is 14.8 Å². The number of nitrogens with one attached hydrogen (secondary N) is 1. The first-order valence-corrected chi connectivity index (χ1v) is 13.1. The van der Waals surface area contributed by atoms with Crippen molar-refractivity contribution in [3.05, 3.63) is 41.1 Å². The number of ether oxygens (including phenoxy) is 2. The lowest BCUT2D eigenvalue weighted by atomic mass is 9.97. The third-order valence-corrected chi connectivity index (χ3v) is 9.36. The van der Waals surface area contributed by atoms with Crippen LogP contribution in [0.5, 0.6) is 11.5 Å². The first-order valence-electron chi connectivity index (χ1n) is 9.95. The fraction of sp³-hybridized carbons (Fsp3) is 0.333. The van der Waals surface area contributed by atoms with Gasteiger partial charge in [-0.25, -0.2) is 13.4 Å². The molecule has 32 heavy (non-hydrogen) atoms. The summed E-state index contributed by atoms with van der Waals surface area (Å²) in [6, 6.07) is 8.86. The summed E-state index contributed by atoms with van der Waals surface area (Å²) < 4.78 is 37.7. The number of thiazole rings is 1. The van der Waals surface area contributed by atoms with Gasteiger partial charge in [0, 0.05) is 30.0 Å². The maximum absolute atomic E-state index is 12.7. The van der Waals surface area contributed by atoms with E-state index in [0.29, 0.717) is 46.8 Å². The summed E-state index contributed by atoms with van der Waals surface area (Å²) in [5.41, 5.74) is 1.58. The molecule has 0 saturated carbocycles. The zero-order valence-corrected chi connectivity index (χ0v) is 20.1. The molecule has 1 aliphatic heterocycles. The number of benzene rings is 1. The number of carbonyl (C=O) groups is 1. The number of hydrogen-bond acceptors (Lipinski definition) is 8. The number of rotatable bonds is 7. The predicted octanol–water partition coefficient (Wildman–Crippen LogP) is 3.93. The van der Waals surface area contributed by atoms with Crippen LogP contribution in [-0.4, -0.2) is 50.9 Å². The van der Waals surface area contributed by atoms with Crippen LogP contribution in [0.15, 0.2) is 45.3 Å². The molecule has 0 bridgehead atoms. The summed E-state index contributed by atoms with van der Waals surface area (Å²) >= 11 is 2.55. The second-order valence-corrected chi connectivity index (χ2v) is 11.2. The summed E-state index contributed by atoms with van der Waals surface area (Å²) in [6.07, 6.45) is 0.953. The Balaban J connectivity index is 1.37. The van der Waals surface area contributed by atoms with Gasteiger partial charge in [0.05, 0.1) is 19.9 Å². The average Bonchev–Trinajstić information content (AvgIpc) is 3.51. The second kappa shape index (κ2) is 9.57. The fourth-order valence-electron chi connectivity index (χ4n) is 3.56. The summed E-state index contributed by atoms with van der Waals surface area (Å²) in [6.45, 7) is 0.653. The molecule has 1 amide bonds. The lowest BCUT2D eigenvalue weighted by Gasteiger charge is -2.29. The van der Waals surface area contributed by atoms with Crippen molar-refractivity contribution < 1.29 is 22.7 Å². The molecule has 0 atom stereocenters. The Morgan fingerprint density at radius 1 is 1.12 bits per heavy atom. The number of sulfonamides is 1. The van der Waals surface area contributed by atoms with Crippen molar-refractivity contribution in [3.63, 3.8) is 0 Å². The maximum Gasteiger partial charge on any atom is 0.252 e. The van der Waals surface area contributed by atoms with E-state index in [1.54, 1.807) is 31.7 Å². The van der Waals surface area contributed by atoms with Crippen LogP contribution in [0.2, 0.25) is 0 Å². The quantitative estimate of drug-likeness (QED) is 0.536. The lowest BCUT2D eigenvalue weighted by Crippen LogP contribution is -2.41. The van der Waals surface area contributed by atoms with E-state index in [-0.39, 0.29) is 11.8 Å². The van der Waals surface area contributed by atoms with Gasteiger partial charge in [-0.15, -0.1) is 22.7 Å². The molecule has 1 fully saturated rings. The SMILES string of the molecule is COc1ccc(-c2csc(NC(=O)C3CCN(S(=O)(=O)c4cccs4)CC3)n2)cc1OC. The van der Waals surface area contributed by atoms with Gasteiger partial charge in [0.1, 0.15) is 4.21 Å². The molecule has 1 N–H and O–H groups in total. The topological polar surface area (TPSA) is 97.8 Å². The van der Waals surface area contributed by atoms with E-state index in [2.05, 4.69) is 10.3 Å². The van der Waals surface area contributed by atoms with E-state index in [1.165, 1.54) is 27.0 Å². The minimum atomic E-state index is -3.47. The van der Waals surface area contributed by atoms with Gasteiger partial charge >= 0.3 is 0 Å². The highest BCUT2D eigenvalue weighted by molar-refractivity contribution is 7.91. The number of carbonyl (C=O) groups excluding carboxylic acids is 1. The van der Waals surface area contributed by atoms with Crippen LogP contribution in [0.3, 0.4) is 0 Å². The minimum absolute atomic E-state index is 0.133. The van der Waals surface area contributed by atoms with Crippen molar-refractivity contribution in [2.75, 3.05) is 32.6 Å². The summed E-state index contributed by atoms with van der Waals surface area (Å²) in [5, 5.41) is 7.00. The third-order valence-electron chi connectivity index (χ3n) is 5.33. The Morgan fingerprint density at radius 3 is 2.53 bits per heavy atom. The van der Waals surface area contributed by atoms with E-state index >= 15 is 0 Å². The van der Waals surface area contributed by atoms with Gasteiger partial charge in [0.15, 0.2) is 16.6 Å². The Morgan fingerprint density at radius 2 is 1.88 bits per heavy atom. The van der Waals surface area contributed by atoms with Gasteiger partial charge in [0.2, 0.25) is 5.91 Å². The largest absolute Gasteiger partial charge is 0.493 e. The smallest absolute Gasteiger partial charge is 0.252 e. The summed E-state index contributed by atoms with van der Waals surface area (Å²) in [7, 11) is -0.320. The van der Waals surface area contributed by atoms with E-state index in [0.717, 1.165) is 11.3 Å². The van der Waals surface area contributed by atoms with Crippen molar-refractivity contribution in [1.29, 1.82) is 0 Å². The summed E-state index contributed by atoms with van der Waals surface area (Å²) in [4.78, 5) is 17.3. The molecule has 3 heterocycles. The maximum atomic E-state index is 12.7. The molecule has 0 aliphatic carbocycles. The van der Waals surface area contributed by atoms with Gasteiger partial charge in [0.25, 0.3) is 10.0 Å². The first kappa shape index (κ1) is 22.7. The highest BCUT2D eigenvalue weighted by atomic mass is 32.2. The van der Waals surface area contributed by atoms with Crippen molar-refractivity contribution in [3.8, 4) is 22.8 Å². The van der Waals surface area contributed by atoms with Crippen molar-refractivity contribution in [1.82, 2.24) is 9.29 Å². The number of hydrogen-bond donors (Lipinski definition) is 1. The molecule has 11 heteroatoms. The molecule has 3 aromatic rings. The van der Waals surface area contributed by atoms with Crippen LogP contribution in [-0.2, 0) is 14.8 Å². The molecule has 0 spiro atoms. The fourth-order valence-corrected chi connectivity index (χ4v) is 6.90. The Bertz CT molecular complexity index is 1180. The van der Waals surface area contributed by atoms with Crippen LogP contribution in [0, 0.1) is 5.92 Å². The molecule has 2 aromatic heterocycles. The molecule has 1 aliphatic rings. The van der Waals surface area contributed by atoms with Crippen molar-refractivity contribution >= 4 is 43.7 Å². The van der Waals surface area contributed by atoms with Gasteiger partial charge in [-0.3, -0.25) is 4.79 Å². The molecule has 0 radical (unpaired) electrons. The van der Waals surface area contributed by atoms with E-state index < -0.39 is 10.0 Å². The van der Waals surface area contributed by atoms with Crippen LogP contribution < -0.4 is 14.8 Å². The Kier molecular flexibility index (Phi) is 6.79. The highest BCUT2D eigenvalue weighted by Gasteiger charge is 2.32. The molecule has 1 aromatic carbocycles. The predicted molar refractivity (Wildman–Crippen MR) is 125 cm³/mol. The minimum Gasteiger partial charge on any atom is -0.493 e. The van der Waals surface area contributed by atoms with Gasteiger partial charge in [-0.2, -0.15) is 4.31 Å². The number of aromatic nitrogens is 1. The average molecular weight is 494 g/mol. The number of amides is 1. The Hall–Kier alpha value is -2.47. The van der Waals surface area contributed by atoms with E-state index in [1.807, 2.05) is 23.6 Å². The standard InChI is InChI=1S/C21H23N3O5S3/c1-28-17-6-5-15(12-18(17)29-2)16-13-31-21(22-16)23-20(25)14-7-9-24(10-8-14)32(26,27)19-4-3-11-30-19/h3-6,11-14H,7-10H2,1-2H3,(H,22,23,25). The normalized spacial score (nSPS) is 15.4. The zero-order valence-electron chi connectivity index (χ0n) is 17.6. The monoisotopic (exact) mass is 493 g/mol. The number of methoxy groups -OCH3 is 2. The molecular weight excluding hydrogens is 470 g/mol. The first-order chi connectivity index (χ1) is 15.4. The number of nitrogens with zero attached hydrogens (tertiary/aromatic N) is 2. The van der Waals surface area contributed by atoms with Crippen LogP contribution in [0.4, 0.5) is 5.13 Å². The van der Waals surface area contributed by atoms with Crippen molar-refractivity contribution in [2.24, 2.45) is 5.92 Å². The van der Waals surface area contributed by atoms with Gasteiger partial charge in [-0.05, 0) is 42.5 Å². The lowest BCUT2D eigenvalue weighted by molar-refractivity contribution is -0.120.